The molecule has 0 aromatic heterocycles. The molecule has 0 bridgehead atoms. The van der Waals surface area contributed by atoms with Gasteiger partial charge in [-0.3, -0.25) is 0 Å². The van der Waals surface area contributed by atoms with Gasteiger partial charge in [-0.25, -0.2) is 0 Å². The van der Waals surface area contributed by atoms with Crippen molar-refractivity contribution < 1.29 is 0 Å². The van der Waals surface area contributed by atoms with E-state index >= 15 is 0 Å². The van der Waals surface area contributed by atoms with Crippen molar-refractivity contribution in [2.45, 2.75) is 32.9 Å². The maximum atomic E-state index is 5.56. The molecule has 2 unspecified atom stereocenters. The summed E-state index contributed by atoms with van der Waals surface area (Å²) in [7, 11) is 0. The van der Waals surface area contributed by atoms with Gasteiger partial charge in [0.2, 0.25) is 0 Å². The SMILES string of the molecule is CC(N)C(C)C(C)N. The smallest absolute Gasteiger partial charge is 0.00507 e. The number of rotatable bonds is 2. The van der Waals surface area contributed by atoms with Crippen molar-refractivity contribution in [1.82, 2.24) is 0 Å². The molecule has 0 aliphatic carbocycles. The molecule has 0 radical (unpaired) electrons. The summed E-state index contributed by atoms with van der Waals surface area (Å²) in [5, 5.41) is 0. The van der Waals surface area contributed by atoms with Gasteiger partial charge in [-0.05, 0) is 19.8 Å². The number of hydrogen-bond acceptors (Lipinski definition) is 2. The summed E-state index contributed by atoms with van der Waals surface area (Å²) in [5.74, 6) is 0.426. The lowest BCUT2D eigenvalue weighted by molar-refractivity contribution is 0.415. The van der Waals surface area contributed by atoms with Gasteiger partial charge in [0.15, 0.2) is 0 Å². The first kappa shape index (κ1) is 7.92. The zero-order chi connectivity index (χ0) is 6.73. The van der Waals surface area contributed by atoms with E-state index in [9.17, 15) is 0 Å². The van der Waals surface area contributed by atoms with Gasteiger partial charge < -0.3 is 11.5 Å². The van der Waals surface area contributed by atoms with Crippen LogP contribution in [0.2, 0.25) is 0 Å². The molecule has 0 aromatic carbocycles. The molecule has 0 aliphatic heterocycles. The third-order valence-corrected chi connectivity index (χ3v) is 1.66. The van der Waals surface area contributed by atoms with Crippen LogP contribution < -0.4 is 11.5 Å². The zero-order valence-corrected chi connectivity index (χ0v) is 5.89. The highest BCUT2D eigenvalue weighted by Gasteiger charge is 2.10. The Kier molecular flexibility index (Phi) is 3.02. The van der Waals surface area contributed by atoms with Crippen molar-refractivity contribution in [1.29, 1.82) is 0 Å². The molecule has 0 fully saturated rings. The minimum atomic E-state index is 0.218. The van der Waals surface area contributed by atoms with Crippen LogP contribution in [0, 0.1) is 5.92 Å². The molecule has 0 amide bonds. The maximum absolute atomic E-state index is 5.56. The molecule has 0 saturated heterocycles. The highest BCUT2D eigenvalue weighted by molar-refractivity contribution is 4.70. The van der Waals surface area contributed by atoms with Crippen molar-refractivity contribution in [3.05, 3.63) is 0 Å². The Bertz CT molecular complexity index is 51.5. The molecule has 50 valence electrons. The van der Waals surface area contributed by atoms with E-state index in [1.54, 1.807) is 0 Å². The molecular formula is C6H16N2. The Hall–Kier alpha value is -0.0800. The van der Waals surface area contributed by atoms with E-state index in [-0.39, 0.29) is 12.1 Å². The van der Waals surface area contributed by atoms with Crippen LogP contribution in [0.4, 0.5) is 0 Å². The van der Waals surface area contributed by atoms with Crippen LogP contribution in [-0.2, 0) is 0 Å². The number of nitrogens with two attached hydrogens (primary N) is 2. The van der Waals surface area contributed by atoms with Gasteiger partial charge in [0.1, 0.15) is 0 Å². The lowest BCUT2D eigenvalue weighted by Gasteiger charge is -2.18. The second-order valence-corrected chi connectivity index (χ2v) is 2.58. The van der Waals surface area contributed by atoms with Crippen LogP contribution in [0.15, 0.2) is 0 Å². The van der Waals surface area contributed by atoms with Gasteiger partial charge in [0, 0.05) is 12.1 Å². The lowest BCUT2D eigenvalue weighted by atomic mass is 9.98. The largest absolute Gasteiger partial charge is 0.328 e. The summed E-state index contributed by atoms with van der Waals surface area (Å²) in [6.07, 6.45) is 0. The zero-order valence-electron chi connectivity index (χ0n) is 5.89. The molecule has 2 heteroatoms. The minimum absolute atomic E-state index is 0.218. The fraction of sp³-hybridized carbons (Fsp3) is 1.00. The molecular weight excluding hydrogens is 100 g/mol. The van der Waals surface area contributed by atoms with Crippen LogP contribution in [0.3, 0.4) is 0 Å². The summed E-state index contributed by atoms with van der Waals surface area (Å²) < 4.78 is 0. The predicted molar refractivity (Wildman–Crippen MR) is 36.5 cm³/mol. The van der Waals surface area contributed by atoms with Gasteiger partial charge in [-0.1, -0.05) is 6.92 Å². The summed E-state index contributed by atoms with van der Waals surface area (Å²) in [6.45, 7) is 6.03. The molecule has 0 rings (SSSR count). The molecule has 2 atom stereocenters. The Morgan fingerprint density at radius 2 is 1.12 bits per heavy atom. The van der Waals surface area contributed by atoms with E-state index in [4.69, 9.17) is 11.5 Å². The minimum Gasteiger partial charge on any atom is -0.328 e. The van der Waals surface area contributed by atoms with Crippen molar-refractivity contribution in [3.8, 4) is 0 Å². The maximum Gasteiger partial charge on any atom is 0.00507 e. The summed E-state index contributed by atoms with van der Waals surface area (Å²) in [5.41, 5.74) is 11.1. The molecule has 2 nitrogen and oxygen atoms in total. The van der Waals surface area contributed by atoms with Crippen molar-refractivity contribution in [3.63, 3.8) is 0 Å². The molecule has 8 heavy (non-hydrogen) atoms. The first-order valence-electron chi connectivity index (χ1n) is 3.07. The van der Waals surface area contributed by atoms with E-state index < -0.39 is 0 Å². The van der Waals surface area contributed by atoms with Crippen LogP contribution in [-0.4, -0.2) is 12.1 Å². The van der Waals surface area contributed by atoms with Gasteiger partial charge in [0.25, 0.3) is 0 Å². The monoisotopic (exact) mass is 116 g/mol. The third kappa shape index (κ3) is 2.28. The van der Waals surface area contributed by atoms with Crippen LogP contribution in [0.25, 0.3) is 0 Å². The van der Waals surface area contributed by atoms with E-state index in [2.05, 4.69) is 6.92 Å². The highest BCUT2D eigenvalue weighted by atomic mass is 14.7. The Balaban J connectivity index is 3.46. The fourth-order valence-electron chi connectivity index (χ4n) is 0.479. The van der Waals surface area contributed by atoms with Crippen molar-refractivity contribution in [2.24, 2.45) is 17.4 Å². The molecule has 4 N–H and O–H groups in total. The van der Waals surface area contributed by atoms with Crippen LogP contribution >= 0.6 is 0 Å². The average molecular weight is 116 g/mol. The van der Waals surface area contributed by atoms with Crippen LogP contribution in [0.1, 0.15) is 20.8 Å². The quantitative estimate of drug-likeness (QED) is 0.546. The Labute approximate surface area is 51.2 Å². The molecule has 0 aromatic rings. The topological polar surface area (TPSA) is 52.0 Å². The van der Waals surface area contributed by atoms with Crippen molar-refractivity contribution >= 4 is 0 Å². The number of hydrogen-bond donors (Lipinski definition) is 2. The van der Waals surface area contributed by atoms with E-state index in [1.165, 1.54) is 0 Å². The normalized spacial score (nSPS) is 22.1. The van der Waals surface area contributed by atoms with E-state index in [1.807, 2.05) is 13.8 Å². The fourth-order valence-corrected chi connectivity index (χ4v) is 0.479. The van der Waals surface area contributed by atoms with E-state index in [0.29, 0.717) is 5.92 Å². The summed E-state index contributed by atoms with van der Waals surface area (Å²) in [6, 6.07) is 0.435. The predicted octanol–water partition coefficient (Wildman–Crippen LogP) is 0.317. The standard InChI is InChI=1S/C6H16N2/c1-4(5(2)7)6(3)8/h4-6H,7-8H2,1-3H3. The van der Waals surface area contributed by atoms with Gasteiger partial charge in [-0.2, -0.15) is 0 Å². The van der Waals surface area contributed by atoms with E-state index in [0.717, 1.165) is 0 Å². The van der Waals surface area contributed by atoms with Crippen molar-refractivity contribution in [2.75, 3.05) is 0 Å². The summed E-state index contributed by atoms with van der Waals surface area (Å²) in [4.78, 5) is 0. The second kappa shape index (κ2) is 3.05. The van der Waals surface area contributed by atoms with Gasteiger partial charge in [0.05, 0.1) is 0 Å². The molecule has 0 spiro atoms. The molecule has 0 heterocycles. The second-order valence-electron chi connectivity index (χ2n) is 2.58. The van der Waals surface area contributed by atoms with Gasteiger partial charge in [-0.15, -0.1) is 0 Å². The first-order chi connectivity index (χ1) is 3.55. The van der Waals surface area contributed by atoms with Gasteiger partial charge >= 0.3 is 0 Å². The highest BCUT2D eigenvalue weighted by Crippen LogP contribution is 2.02. The molecule has 0 aliphatic rings. The Morgan fingerprint density at radius 3 is 1.12 bits per heavy atom. The average Bonchev–Trinajstić information content (AvgIpc) is 1.64. The summed E-state index contributed by atoms with van der Waals surface area (Å²) >= 11 is 0. The first-order valence-corrected chi connectivity index (χ1v) is 3.07. The molecule has 0 saturated carbocycles. The lowest BCUT2D eigenvalue weighted by Crippen LogP contribution is -2.36. The Morgan fingerprint density at radius 1 is 0.875 bits per heavy atom. The third-order valence-electron chi connectivity index (χ3n) is 1.66. The van der Waals surface area contributed by atoms with Crippen LogP contribution in [0.5, 0.6) is 0 Å².